The molecule has 34 heavy (non-hydrogen) atoms. The zero-order valence-electron chi connectivity index (χ0n) is 18.8. The molecule has 1 saturated carbocycles. The highest BCUT2D eigenvalue weighted by Crippen LogP contribution is 2.46. The number of benzene rings is 1. The number of nitrogens with zero attached hydrogens (tertiary/aromatic N) is 3. The third kappa shape index (κ3) is 4.78. The predicted molar refractivity (Wildman–Crippen MR) is 130 cm³/mol. The van der Waals surface area contributed by atoms with E-state index in [1.165, 1.54) is 7.11 Å². The molecule has 0 radical (unpaired) electrons. The van der Waals surface area contributed by atoms with Crippen LogP contribution < -0.4 is 4.90 Å². The molecule has 0 atom stereocenters. The summed E-state index contributed by atoms with van der Waals surface area (Å²) in [6.07, 6.45) is 5.59. The Morgan fingerprint density at radius 2 is 1.85 bits per heavy atom. The van der Waals surface area contributed by atoms with Crippen molar-refractivity contribution >= 4 is 35.0 Å². The molecule has 0 N–H and O–H groups in total. The molecular formula is C25H25Cl2N3O4. The number of rotatable bonds is 7. The first-order valence-electron chi connectivity index (χ1n) is 11.4. The molecule has 2 aromatic heterocycles. The van der Waals surface area contributed by atoms with Gasteiger partial charge >= 0.3 is 5.97 Å². The molecule has 2 fully saturated rings. The Hall–Kier alpha value is -2.61. The molecule has 3 aromatic rings. The minimum Gasteiger partial charge on any atom is -0.465 e. The van der Waals surface area contributed by atoms with Gasteiger partial charge in [0.05, 0.1) is 35.4 Å². The van der Waals surface area contributed by atoms with Gasteiger partial charge in [0.15, 0.2) is 0 Å². The Bertz CT molecular complexity index is 1150. The van der Waals surface area contributed by atoms with Crippen LogP contribution in [0.2, 0.25) is 10.0 Å². The number of ether oxygens (including phenoxy) is 2. The third-order valence-electron chi connectivity index (χ3n) is 6.36. The maximum atomic E-state index is 11.6. The highest BCUT2D eigenvalue weighted by atomic mass is 35.5. The molecule has 3 heterocycles. The number of pyridine rings is 1. The number of hydrogen-bond acceptors (Lipinski definition) is 7. The topological polar surface area (TPSA) is 77.7 Å². The van der Waals surface area contributed by atoms with Crippen LogP contribution >= 0.6 is 23.2 Å². The van der Waals surface area contributed by atoms with Crippen molar-refractivity contribution in [3.05, 3.63) is 63.5 Å². The van der Waals surface area contributed by atoms with Crippen LogP contribution in [0.15, 0.2) is 41.1 Å². The second-order valence-corrected chi connectivity index (χ2v) is 9.45. The van der Waals surface area contributed by atoms with Crippen molar-refractivity contribution in [2.24, 2.45) is 0 Å². The molecule has 0 spiro atoms. The van der Waals surface area contributed by atoms with Gasteiger partial charge in [-0.1, -0.05) is 34.4 Å². The van der Waals surface area contributed by atoms with Crippen molar-refractivity contribution in [2.75, 3.05) is 25.1 Å². The van der Waals surface area contributed by atoms with E-state index in [0.717, 1.165) is 55.9 Å². The summed E-state index contributed by atoms with van der Waals surface area (Å²) in [5, 5.41) is 5.43. The van der Waals surface area contributed by atoms with Gasteiger partial charge in [-0.25, -0.2) is 9.78 Å². The lowest BCUT2D eigenvalue weighted by Crippen LogP contribution is -2.37. The molecule has 1 aliphatic carbocycles. The van der Waals surface area contributed by atoms with Crippen molar-refractivity contribution in [1.82, 2.24) is 10.1 Å². The summed E-state index contributed by atoms with van der Waals surface area (Å²) in [5.41, 5.74) is 2.75. The van der Waals surface area contributed by atoms with Gasteiger partial charge in [0.25, 0.3) is 0 Å². The van der Waals surface area contributed by atoms with Crippen LogP contribution in [-0.4, -0.2) is 42.4 Å². The van der Waals surface area contributed by atoms with Crippen molar-refractivity contribution in [2.45, 2.75) is 44.3 Å². The highest BCUT2D eigenvalue weighted by molar-refractivity contribution is 6.39. The van der Waals surface area contributed by atoms with Gasteiger partial charge in [-0.05, 0) is 49.9 Å². The first-order chi connectivity index (χ1) is 16.5. The number of carbonyl (C=O) groups excluding carboxylic acids is 1. The molecule has 1 aliphatic heterocycles. The van der Waals surface area contributed by atoms with Gasteiger partial charge in [0.2, 0.25) is 0 Å². The Balaban J connectivity index is 1.24. The van der Waals surface area contributed by atoms with Crippen molar-refractivity contribution < 1.29 is 18.8 Å². The average molecular weight is 502 g/mol. The minimum absolute atomic E-state index is 0.113. The summed E-state index contributed by atoms with van der Waals surface area (Å²) in [6, 6.07) is 9.02. The Morgan fingerprint density at radius 3 is 2.47 bits per heavy atom. The molecular weight excluding hydrogens is 477 g/mol. The summed E-state index contributed by atoms with van der Waals surface area (Å²) in [5.74, 6) is 1.74. The third-order valence-corrected chi connectivity index (χ3v) is 6.99. The minimum atomic E-state index is -0.386. The van der Waals surface area contributed by atoms with Crippen molar-refractivity contribution in [1.29, 1.82) is 0 Å². The molecule has 5 rings (SSSR count). The van der Waals surface area contributed by atoms with E-state index in [2.05, 4.69) is 15.0 Å². The highest BCUT2D eigenvalue weighted by Gasteiger charge is 2.34. The average Bonchev–Trinajstić information content (AvgIpc) is 3.63. The Kier molecular flexibility index (Phi) is 6.77. The fraction of sp³-hybridized carbons (Fsp3) is 0.400. The van der Waals surface area contributed by atoms with E-state index in [4.69, 9.17) is 37.2 Å². The van der Waals surface area contributed by atoms with Gasteiger partial charge in [0, 0.05) is 36.3 Å². The van der Waals surface area contributed by atoms with Crippen molar-refractivity contribution in [3.8, 4) is 11.3 Å². The molecule has 0 unspecified atom stereocenters. The number of halogens is 2. The fourth-order valence-corrected chi connectivity index (χ4v) is 4.89. The van der Waals surface area contributed by atoms with Crippen molar-refractivity contribution in [3.63, 3.8) is 0 Å². The van der Waals surface area contributed by atoms with Crippen LogP contribution in [0.4, 0.5) is 5.82 Å². The van der Waals surface area contributed by atoms with E-state index in [-0.39, 0.29) is 12.1 Å². The zero-order valence-corrected chi connectivity index (χ0v) is 20.3. The maximum absolute atomic E-state index is 11.6. The van der Waals surface area contributed by atoms with Crippen LogP contribution in [0.1, 0.15) is 53.3 Å². The summed E-state index contributed by atoms with van der Waals surface area (Å²) in [7, 11) is 1.36. The molecule has 1 aromatic carbocycles. The molecule has 2 aliphatic rings. The van der Waals surface area contributed by atoms with E-state index in [9.17, 15) is 4.79 Å². The second-order valence-electron chi connectivity index (χ2n) is 8.64. The lowest BCUT2D eigenvalue weighted by Gasteiger charge is -2.32. The normalized spacial score (nSPS) is 16.6. The van der Waals surface area contributed by atoms with Crippen LogP contribution in [-0.2, 0) is 16.1 Å². The molecule has 0 bridgehead atoms. The molecule has 178 valence electrons. The van der Waals surface area contributed by atoms with Gasteiger partial charge in [-0.3, -0.25) is 0 Å². The van der Waals surface area contributed by atoms with E-state index in [1.807, 2.05) is 12.1 Å². The quantitative estimate of drug-likeness (QED) is 0.373. The number of hydrogen-bond donors (Lipinski definition) is 0. The number of piperidine rings is 1. The number of aromatic nitrogens is 2. The summed E-state index contributed by atoms with van der Waals surface area (Å²) >= 11 is 12.9. The van der Waals surface area contributed by atoms with Gasteiger partial charge < -0.3 is 18.9 Å². The fourth-order valence-electron chi connectivity index (χ4n) is 4.31. The largest absolute Gasteiger partial charge is 0.465 e. The Morgan fingerprint density at radius 1 is 1.12 bits per heavy atom. The number of esters is 1. The molecule has 1 saturated heterocycles. The van der Waals surface area contributed by atoms with E-state index >= 15 is 0 Å². The summed E-state index contributed by atoms with van der Waals surface area (Å²) in [6.45, 7) is 2.04. The molecule has 7 nitrogen and oxygen atoms in total. The first-order valence-corrected chi connectivity index (χ1v) is 12.1. The lowest BCUT2D eigenvalue weighted by atomic mass is 10.0. The van der Waals surface area contributed by atoms with Crippen LogP contribution in [0.3, 0.4) is 0 Å². The van der Waals surface area contributed by atoms with E-state index in [1.54, 1.807) is 24.4 Å². The smallest absolute Gasteiger partial charge is 0.339 e. The monoisotopic (exact) mass is 501 g/mol. The number of anilines is 1. The van der Waals surface area contributed by atoms with Gasteiger partial charge in [0.1, 0.15) is 17.3 Å². The predicted octanol–water partition coefficient (Wildman–Crippen LogP) is 5.89. The number of methoxy groups -OCH3 is 1. The first kappa shape index (κ1) is 23.1. The van der Waals surface area contributed by atoms with Crippen LogP contribution in [0, 0.1) is 0 Å². The SMILES string of the molecule is COC(=O)c1ccc(N2CCC(OCc3c(-c4c(Cl)cccc4Cl)noc3C3CC3)CC2)nc1. The molecule has 9 heteroatoms. The Labute approximate surface area is 207 Å². The standard InChI is InChI=1S/C25H25Cl2N3O4/c1-32-25(31)16-7-8-21(28-13-16)30-11-9-17(10-12-30)33-14-18-23(29-34-24(18)15-5-6-15)22-19(26)3-2-4-20(22)27/h2-4,7-8,13,15,17H,5-6,9-12,14H2,1H3. The summed E-state index contributed by atoms with van der Waals surface area (Å²) < 4.78 is 16.8. The zero-order chi connectivity index (χ0) is 23.7. The number of carbonyl (C=O) groups is 1. The summed E-state index contributed by atoms with van der Waals surface area (Å²) in [4.78, 5) is 18.2. The maximum Gasteiger partial charge on any atom is 0.339 e. The van der Waals surface area contributed by atoms with Gasteiger partial charge in [-0.15, -0.1) is 0 Å². The lowest BCUT2D eigenvalue weighted by molar-refractivity contribution is 0.0245. The van der Waals surface area contributed by atoms with Gasteiger partial charge in [-0.2, -0.15) is 0 Å². The van der Waals surface area contributed by atoms with Crippen LogP contribution in [0.25, 0.3) is 11.3 Å². The second kappa shape index (κ2) is 9.94. The van der Waals surface area contributed by atoms with E-state index < -0.39 is 0 Å². The van der Waals surface area contributed by atoms with E-state index in [0.29, 0.717) is 39.4 Å². The molecule has 0 amide bonds. The van der Waals surface area contributed by atoms with Crippen LogP contribution in [0.5, 0.6) is 0 Å².